The molecule has 1 N–H and O–H groups in total. The molecule has 0 fully saturated rings. The van der Waals surface area contributed by atoms with E-state index >= 15 is 0 Å². The highest BCUT2D eigenvalue weighted by Gasteiger charge is 2.27. The Morgan fingerprint density at radius 3 is 2.73 bits per heavy atom. The maximum atomic E-state index is 13.2. The first-order valence-corrected chi connectivity index (χ1v) is 13.3. The molecule has 0 saturated heterocycles. The van der Waals surface area contributed by atoms with Crippen molar-refractivity contribution in [2.45, 2.75) is 52.9 Å². The van der Waals surface area contributed by atoms with Gasteiger partial charge in [-0.3, -0.25) is 14.5 Å². The van der Waals surface area contributed by atoms with E-state index in [4.69, 9.17) is 18.9 Å². The first-order chi connectivity index (χ1) is 19.5. The van der Waals surface area contributed by atoms with Crippen molar-refractivity contribution in [3.05, 3.63) is 69.8 Å². The second-order valence-electron chi connectivity index (χ2n) is 9.32. The Morgan fingerprint density at radius 1 is 1.07 bits per heavy atom. The first-order valence-electron chi connectivity index (χ1n) is 13.3. The van der Waals surface area contributed by atoms with Crippen LogP contribution in [0.2, 0.25) is 0 Å². The average Bonchev–Trinajstić information content (AvgIpc) is 3.59. The molecule has 0 amide bonds. The van der Waals surface area contributed by atoms with Gasteiger partial charge >= 0.3 is 5.97 Å². The van der Waals surface area contributed by atoms with E-state index in [-0.39, 0.29) is 31.5 Å². The lowest BCUT2D eigenvalue weighted by atomic mass is 10.1. The highest BCUT2D eigenvalue weighted by molar-refractivity contribution is 5.80. The van der Waals surface area contributed by atoms with Crippen LogP contribution in [0.3, 0.4) is 0 Å². The first kappa shape index (κ1) is 27.1. The number of hydrogen-bond donors (Lipinski definition) is 1. The number of ether oxygens (including phenoxy) is 4. The molecule has 0 bridgehead atoms. The largest absolute Gasteiger partial charge is 0.494 e. The van der Waals surface area contributed by atoms with Gasteiger partial charge in [0.25, 0.3) is 5.56 Å². The van der Waals surface area contributed by atoms with Crippen LogP contribution >= 0.6 is 0 Å². The third-order valence-corrected chi connectivity index (χ3v) is 6.67. The number of hydrogen-bond acceptors (Lipinski definition) is 10. The second kappa shape index (κ2) is 12.2. The van der Waals surface area contributed by atoms with Crippen LogP contribution in [0.4, 0.5) is 0 Å². The lowest BCUT2D eigenvalue weighted by molar-refractivity contribution is -0.144. The summed E-state index contributed by atoms with van der Waals surface area (Å²) in [4.78, 5) is 30.6. The number of nitrogens with one attached hydrogen (secondary N) is 1. The summed E-state index contributed by atoms with van der Waals surface area (Å²) < 4.78 is 23.3. The minimum absolute atomic E-state index is 0.110. The minimum Gasteiger partial charge on any atom is -0.494 e. The number of benzene rings is 2. The van der Waals surface area contributed by atoms with Crippen LogP contribution in [-0.4, -0.2) is 56.1 Å². The van der Waals surface area contributed by atoms with Crippen LogP contribution in [0, 0.1) is 0 Å². The molecule has 1 aliphatic rings. The van der Waals surface area contributed by atoms with Crippen LogP contribution in [0.25, 0.3) is 10.9 Å². The Labute approximate surface area is 230 Å². The molecule has 12 heteroatoms. The number of aromatic nitrogens is 5. The molecule has 210 valence electrons. The molecule has 0 spiro atoms. The number of nitrogens with zero attached hydrogens (tertiary/aromatic N) is 5. The molecule has 3 heterocycles. The normalized spacial score (nSPS) is 13.1. The van der Waals surface area contributed by atoms with Crippen LogP contribution in [0.5, 0.6) is 17.2 Å². The topological polar surface area (TPSA) is 134 Å². The Morgan fingerprint density at radius 2 is 1.93 bits per heavy atom. The maximum absolute atomic E-state index is 13.2. The summed E-state index contributed by atoms with van der Waals surface area (Å²) in [6.45, 7) is 7.32. The van der Waals surface area contributed by atoms with Crippen molar-refractivity contribution in [2.75, 3.05) is 20.0 Å². The van der Waals surface area contributed by atoms with Crippen LogP contribution in [-0.2, 0) is 29.2 Å². The van der Waals surface area contributed by atoms with Crippen molar-refractivity contribution in [1.82, 2.24) is 30.1 Å². The number of aromatic amines is 1. The van der Waals surface area contributed by atoms with Crippen molar-refractivity contribution >= 4 is 16.9 Å². The molecule has 0 saturated carbocycles. The smallest absolute Gasteiger partial charge is 0.327 e. The van der Waals surface area contributed by atoms with Gasteiger partial charge in [-0.1, -0.05) is 13.0 Å². The van der Waals surface area contributed by atoms with Crippen molar-refractivity contribution in [1.29, 1.82) is 0 Å². The predicted octanol–water partition coefficient (Wildman–Crippen LogP) is 3.36. The lowest BCUT2D eigenvalue weighted by Crippen LogP contribution is -2.33. The monoisotopic (exact) mass is 548 g/mol. The number of rotatable bonds is 12. The Kier molecular flexibility index (Phi) is 8.25. The van der Waals surface area contributed by atoms with E-state index < -0.39 is 5.97 Å². The van der Waals surface area contributed by atoms with E-state index in [1.54, 1.807) is 6.92 Å². The van der Waals surface area contributed by atoms with Crippen molar-refractivity contribution in [3.8, 4) is 17.2 Å². The van der Waals surface area contributed by atoms with Crippen molar-refractivity contribution in [2.24, 2.45) is 0 Å². The highest BCUT2D eigenvalue weighted by Crippen LogP contribution is 2.34. The fourth-order valence-electron chi connectivity index (χ4n) is 4.87. The molecule has 40 heavy (non-hydrogen) atoms. The van der Waals surface area contributed by atoms with Gasteiger partial charge < -0.3 is 23.9 Å². The maximum Gasteiger partial charge on any atom is 0.327 e. The molecule has 1 aliphatic heterocycles. The predicted molar refractivity (Wildman–Crippen MR) is 145 cm³/mol. The SMILES string of the molecule is CCOC(=O)Cn1nnnc1[C@H](CC)N(Cc1ccc2c(c1)OCO2)Cc1cc2cc(OCC)ccc2[nH]c1=O. The van der Waals surface area contributed by atoms with Crippen LogP contribution < -0.4 is 19.8 Å². The zero-order chi connectivity index (χ0) is 28.1. The summed E-state index contributed by atoms with van der Waals surface area (Å²) in [6.07, 6.45) is 0.619. The zero-order valence-electron chi connectivity index (χ0n) is 22.8. The molecule has 2 aromatic heterocycles. The summed E-state index contributed by atoms with van der Waals surface area (Å²) in [7, 11) is 0. The molecule has 5 rings (SSSR count). The average molecular weight is 549 g/mol. The number of H-pyrrole nitrogens is 1. The fraction of sp³-hybridized carbons (Fsp3) is 0.393. The quantitative estimate of drug-likeness (QED) is 0.263. The van der Waals surface area contributed by atoms with E-state index in [2.05, 4.69) is 25.4 Å². The van der Waals surface area contributed by atoms with Gasteiger partial charge in [0.2, 0.25) is 6.79 Å². The van der Waals surface area contributed by atoms with Gasteiger partial charge in [-0.05, 0) is 72.7 Å². The third-order valence-electron chi connectivity index (χ3n) is 6.67. The molecular weight excluding hydrogens is 516 g/mol. The lowest BCUT2D eigenvalue weighted by Gasteiger charge is -2.30. The Hall–Kier alpha value is -4.45. The summed E-state index contributed by atoms with van der Waals surface area (Å²) >= 11 is 0. The standard InChI is InChI=1S/C28H32N6O6/c1-4-23(27-30-31-32-34(27)16-26(35)38-6-3)33(14-18-7-10-24-25(11-18)40-17-39-24)15-20-12-19-13-21(37-5-2)8-9-22(19)29-28(20)36/h7-13,23H,4-6,14-17H2,1-3H3,(H,29,36)/t23-/m0/s1. The minimum atomic E-state index is -0.427. The summed E-state index contributed by atoms with van der Waals surface area (Å²) in [5.74, 6) is 2.17. The van der Waals surface area contributed by atoms with Gasteiger partial charge in [-0.25, -0.2) is 4.68 Å². The van der Waals surface area contributed by atoms with E-state index in [1.165, 1.54) is 4.68 Å². The summed E-state index contributed by atoms with van der Waals surface area (Å²) in [5, 5.41) is 13.0. The van der Waals surface area contributed by atoms with E-state index in [1.807, 2.05) is 56.3 Å². The molecule has 1 atom stereocenters. The van der Waals surface area contributed by atoms with Gasteiger partial charge in [-0.2, -0.15) is 0 Å². The van der Waals surface area contributed by atoms with Gasteiger partial charge in [0.05, 0.1) is 19.3 Å². The number of carbonyl (C=O) groups excluding carboxylic acids is 1. The number of fused-ring (bicyclic) bond motifs is 2. The Balaban J connectivity index is 1.51. The number of tetrazole rings is 1. The van der Waals surface area contributed by atoms with Gasteiger partial charge in [0.1, 0.15) is 12.3 Å². The second-order valence-corrected chi connectivity index (χ2v) is 9.32. The third kappa shape index (κ3) is 5.91. The van der Waals surface area contributed by atoms with Crippen LogP contribution in [0.1, 0.15) is 50.2 Å². The molecule has 4 aromatic rings. The molecule has 0 aliphatic carbocycles. The zero-order valence-corrected chi connectivity index (χ0v) is 22.8. The molecule has 0 unspecified atom stereocenters. The van der Waals surface area contributed by atoms with Gasteiger partial charge in [0, 0.05) is 29.6 Å². The molecule has 12 nitrogen and oxygen atoms in total. The molecular formula is C28H32N6O6. The van der Waals surface area contributed by atoms with E-state index in [0.29, 0.717) is 49.0 Å². The molecule has 2 aromatic carbocycles. The summed E-state index contributed by atoms with van der Waals surface area (Å²) in [5.41, 5.74) is 2.07. The summed E-state index contributed by atoms with van der Waals surface area (Å²) in [6, 6.07) is 12.9. The van der Waals surface area contributed by atoms with Gasteiger partial charge in [-0.15, -0.1) is 5.10 Å². The number of esters is 1. The van der Waals surface area contributed by atoms with E-state index in [0.717, 1.165) is 22.2 Å². The van der Waals surface area contributed by atoms with Crippen LogP contribution in [0.15, 0.2) is 47.3 Å². The van der Waals surface area contributed by atoms with Crippen molar-refractivity contribution < 1.29 is 23.7 Å². The van der Waals surface area contributed by atoms with E-state index in [9.17, 15) is 9.59 Å². The fourth-order valence-corrected chi connectivity index (χ4v) is 4.87. The molecule has 0 radical (unpaired) electrons. The Bertz CT molecular complexity index is 1550. The van der Waals surface area contributed by atoms with Crippen molar-refractivity contribution in [3.63, 3.8) is 0 Å². The highest BCUT2D eigenvalue weighted by atomic mass is 16.7. The van der Waals surface area contributed by atoms with Gasteiger partial charge in [0.15, 0.2) is 17.3 Å². The number of carbonyl (C=O) groups is 1. The number of pyridine rings is 1.